The molecule has 2 saturated heterocycles. The van der Waals surface area contributed by atoms with Crippen molar-refractivity contribution >= 4 is 5.91 Å². The molecule has 0 radical (unpaired) electrons. The van der Waals surface area contributed by atoms with Gasteiger partial charge < -0.3 is 19.1 Å². The molecule has 3 rings (SSSR count). The fraction of sp³-hybridized carbons (Fsp3) is 0.611. The minimum absolute atomic E-state index is 0.103. The fourth-order valence-corrected chi connectivity index (χ4v) is 3.63. The summed E-state index contributed by atoms with van der Waals surface area (Å²) in [4.78, 5) is 15.0. The number of carbonyl (C=O) groups is 1. The highest BCUT2D eigenvalue weighted by Crippen LogP contribution is 2.39. The Labute approximate surface area is 137 Å². The van der Waals surface area contributed by atoms with Gasteiger partial charge in [0.05, 0.1) is 20.3 Å². The van der Waals surface area contributed by atoms with E-state index in [1.165, 1.54) is 0 Å². The summed E-state index contributed by atoms with van der Waals surface area (Å²) in [5, 5.41) is 0. The maximum atomic E-state index is 12.9. The third-order valence-electron chi connectivity index (χ3n) is 4.91. The number of likely N-dealkylation sites (tertiary alicyclic amines) is 1. The molecule has 2 fully saturated rings. The van der Waals surface area contributed by atoms with Gasteiger partial charge in [-0.25, -0.2) is 0 Å². The predicted octanol–water partition coefficient (Wildman–Crippen LogP) is 2.79. The number of ether oxygens (including phenoxy) is 3. The van der Waals surface area contributed by atoms with Gasteiger partial charge >= 0.3 is 0 Å². The van der Waals surface area contributed by atoms with Crippen LogP contribution < -0.4 is 9.47 Å². The van der Waals surface area contributed by atoms with Gasteiger partial charge in [-0.15, -0.1) is 0 Å². The molecule has 126 valence electrons. The van der Waals surface area contributed by atoms with Crippen LogP contribution in [0.25, 0.3) is 0 Å². The molecule has 23 heavy (non-hydrogen) atoms. The first-order valence-corrected chi connectivity index (χ1v) is 8.34. The molecule has 0 N–H and O–H groups in total. The van der Waals surface area contributed by atoms with E-state index >= 15 is 0 Å². The maximum Gasteiger partial charge on any atom is 0.226 e. The number of methoxy groups -OCH3 is 2. The molecule has 1 amide bonds. The lowest BCUT2D eigenvalue weighted by atomic mass is 9.96. The van der Waals surface area contributed by atoms with Gasteiger partial charge in [-0.3, -0.25) is 4.79 Å². The molecule has 5 heteroatoms. The second kappa shape index (κ2) is 7.21. The Hall–Kier alpha value is -1.75. The van der Waals surface area contributed by atoms with Gasteiger partial charge in [-0.1, -0.05) is 0 Å². The lowest BCUT2D eigenvalue weighted by Crippen LogP contribution is -2.38. The van der Waals surface area contributed by atoms with Crippen LogP contribution in [0.5, 0.6) is 11.5 Å². The molecule has 2 aliphatic heterocycles. The average molecular weight is 319 g/mol. The molecule has 0 aromatic heterocycles. The molecule has 0 saturated carbocycles. The highest BCUT2D eigenvalue weighted by atomic mass is 16.5. The van der Waals surface area contributed by atoms with Gasteiger partial charge in [-0.2, -0.15) is 0 Å². The molecule has 1 aromatic carbocycles. The van der Waals surface area contributed by atoms with E-state index in [1.54, 1.807) is 14.2 Å². The first-order valence-electron chi connectivity index (χ1n) is 8.34. The smallest absolute Gasteiger partial charge is 0.226 e. The Morgan fingerprint density at radius 2 is 1.96 bits per heavy atom. The second-order valence-electron chi connectivity index (χ2n) is 6.18. The van der Waals surface area contributed by atoms with Crippen LogP contribution in [0.1, 0.15) is 37.3 Å². The van der Waals surface area contributed by atoms with E-state index in [0.29, 0.717) is 13.2 Å². The minimum Gasteiger partial charge on any atom is -0.497 e. The number of benzene rings is 1. The topological polar surface area (TPSA) is 48.0 Å². The summed E-state index contributed by atoms with van der Waals surface area (Å²) in [6.45, 7) is 2.22. The summed E-state index contributed by atoms with van der Waals surface area (Å²) in [5.74, 6) is 1.94. The fourth-order valence-electron chi connectivity index (χ4n) is 3.63. The standard InChI is InChI=1S/C18H25NO4/c1-21-14-5-6-15(17(12-14)22-2)16-4-3-9-19(16)18(20)13-7-10-23-11-8-13/h5-6,12-13,16H,3-4,7-11H2,1-2H3. The van der Waals surface area contributed by atoms with Gasteiger partial charge in [-0.05, 0) is 37.8 Å². The highest BCUT2D eigenvalue weighted by molar-refractivity contribution is 5.80. The molecule has 0 aliphatic carbocycles. The van der Waals surface area contributed by atoms with Crippen LogP contribution >= 0.6 is 0 Å². The SMILES string of the molecule is COc1ccc(C2CCCN2C(=O)C2CCOCC2)c(OC)c1. The monoisotopic (exact) mass is 319 g/mol. The Bertz CT molecular complexity index is 554. The molecule has 0 bridgehead atoms. The van der Waals surface area contributed by atoms with Crippen molar-refractivity contribution in [2.75, 3.05) is 34.0 Å². The largest absolute Gasteiger partial charge is 0.497 e. The summed E-state index contributed by atoms with van der Waals surface area (Å²) in [5.41, 5.74) is 1.08. The van der Waals surface area contributed by atoms with Crippen molar-refractivity contribution in [1.29, 1.82) is 0 Å². The minimum atomic E-state index is 0.103. The number of nitrogens with zero attached hydrogens (tertiary/aromatic N) is 1. The van der Waals surface area contributed by atoms with E-state index in [-0.39, 0.29) is 17.9 Å². The molecule has 1 atom stereocenters. The van der Waals surface area contributed by atoms with Crippen LogP contribution in [-0.4, -0.2) is 44.8 Å². The Morgan fingerprint density at radius 3 is 2.65 bits per heavy atom. The molecule has 2 heterocycles. The van der Waals surface area contributed by atoms with Gasteiger partial charge in [0.2, 0.25) is 5.91 Å². The van der Waals surface area contributed by atoms with Crippen molar-refractivity contribution < 1.29 is 19.0 Å². The summed E-state index contributed by atoms with van der Waals surface area (Å²) in [6, 6.07) is 5.96. The van der Waals surface area contributed by atoms with E-state index in [2.05, 4.69) is 0 Å². The highest BCUT2D eigenvalue weighted by Gasteiger charge is 2.35. The van der Waals surface area contributed by atoms with Crippen molar-refractivity contribution in [2.45, 2.75) is 31.7 Å². The average Bonchev–Trinajstić information content (AvgIpc) is 3.10. The number of carbonyl (C=O) groups excluding carboxylic acids is 1. The first kappa shape index (κ1) is 16.1. The molecular weight excluding hydrogens is 294 g/mol. The van der Waals surface area contributed by atoms with Gasteiger partial charge in [0.15, 0.2) is 0 Å². The van der Waals surface area contributed by atoms with Crippen LogP contribution in [0.3, 0.4) is 0 Å². The quantitative estimate of drug-likeness (QED) is 0.856. The number of amides is 1. The zero-order valence-electron chi connectivity index (χ0n) is 13.9. The molecular formula is C18H25NO4. The summed E-state index contributed by atoms with van der Waals surface area (Å²) < 4.78 is 16.2. The summed E-state index contributed by atoms with van der Waals surface area (Å²) in [6.07, 6.45) is 3.69. The van der Waals surface area contributed by atoms with Gasteiger partial charge in [0.25, 0.3) is 0 Å². The number of hydrogen-bond donors (Lipinski definition) is 0. The predicted molar refractivity (Wildman–Crippen MR) is 86.8 cm³/mol. The van der Waals surface area contributed by atoms with E-state index in [1.807, 2.05) is 23.1 Å². The molecule has 1 unspecified atom stereocenters. The first-order chi connectivity index (χ1) is 11.2. The molecule has 2 aliphatic rings. The number of rotatable bonds is 4. The normalized spacial score (nSPS) is 22.2. The Balaban J connectivity index is 1.82. The van der Waals surface area contributed by atoms with Crippen LogP contribution in [-0.2, 0) is 9.53 Å². The van der Waals surface area contributed by atoms with Crippen LogP contribution in [0.4, 0.5) is 0 Å². The summed E-state index contributed by atoms with van der Waals surface area (Å²) >= 11 is 0. The van der Waals surface area contributed by atoms with Gasteiger partial charge in [0, 0.05) is 37.3 Å². The van der Waals surface area contributed by atoms with Crippen molar-refractivity contribution in [1.82, 2.24) is 4.90 Å². The molecule has 5 nitrogen and oxygen atoms in total. The summed E-state index contributed by atoms with van der Waals surface area (Å²) in [7, 11) is 3.31. The second-order valence-corrected chi connectivity index (χ2v) is 6.18. The molecule has 1 aromatic rings. The molecule has 0 spiro atoms. The van der Waals surface area contributed by atoms with Gasteiger partial charge in [0.1, 0.15) is 11.5 Å². The van der Waals surface area contributed by atoms with Crippen molar-refractivity contribution in [3.8, 4) is 11.5 Å². The third-order valence-corrected chi connectivity index (χ3v) is 4.91. The third kappa shape index (κ3) is 3.29. The maximum absolute atomic E-state index is 12.9. The zero-order chi connectivity index (χ0) is 16.2. The van der Waals surface area contributed by atoms with Crippen LogP contribution in [0, 0.1) is 5.92 Å². The van der Waals surface area contributed by atoms with Crippen LogP contribution in [0.15, 0.2) is 18.2 Å². The van der Waals surface area contributed by atoms with Crippen molar-refractivity contribution in [3.05, 3.63) is 23.8 Å². The number of hydrogen-bond acceptors (Lipinski definition) is 4. The Morgan fingerprint density at radius 1 is 1.17 bits per heavy atom. The van der Waals surface area contributed by atoms with E-state index in [0.717, 1.165) is 49.3 Å². The zero-order valence-corrected chi connectivity index (χ0v) is 13.9. The lowest BCUT2D eigenvalue weighted by molar-refractivity contribution is -0.139. The van der Waals surface area contributed by atoms with Crippen molar-refractivity contribution in [3.63, 3.8) is 0 Å². The lowest BCUT2D eigenvalue weighted by Gasteiger charge is -2.31. The van der Waals surface area contributed by atoms with Crippen LogP contribution in [0.2, 0.25) is 0 Å². The van der Waals surface area contributed by atoms with E-state index in [4.69, 9.17) is 14.2 Å². The Kier molecular flexibility index (Phi) is 5.06. The van der Waals surface area contributed by atoms with E-state index in [9.17, 15) is 4.79 Å². The van der Waals surface area contributed by atoms with Crippen molar-refractivity contribution in [2.24, 2.45) is 5.92 Å². The van der Waals surface area contributed by atoms with E-state index < -0.39 is 0 Å².